The minimum Gasteiger partial charge on any atom is -0.277 e. The van der Waals surface area contributed by atoms with Gasteiger partial charge in [0.25, 0.3) is 11.8 Å². The molecule has 2 amide bonds. The summed E-state index contributed by atoms with van der Waals surface area (Å²) in [6, 6.07) is 11.0. The smallest absolute Gasteiger partial charge is 0.262 e. The number of pyridine rings is 1. The molecule has 148 valence electrons. The highest BCUT2D eigenvalue weighted by atomic mass is 35.5. The molecule has 0 saturated carbocycles. The van der Waals surface area contributed by atoms with Crippen molar-refractivity contribution in [3.05, 3.63) is 75.7 Å². The number of halogens is 3. The Bertz CT molecular complexity index is 1380. The van der Waals surface area contributed by atoms with Crippen LogP contribution in [0.2, 0.25) is 10.0 Å². The summed E-state index contributed by atoms with van der Waals surface area (Å²) in [4.78, 5) is 30.7. The van der Waals surface area contributed by atoms with Gasteiger partial charge in [-0.3, -0.25) is 14.5 Å². The third-order valence-corrected chi connectivity index (χ3v) is 5.49. The van der Waals surface area contributed by atoms with Gasteiger partial charge in [-0.1, -0.05) is 35.3 Å². The van der Waals surface area contributed by atoms with Crippen LogP contribution in [0.25, 0.3) is 28.0 Å². The van der Waals surface area contributed by atoms with E-state index in [9.17, 15) is 14.0 Å². The molecule has 1 aliphatic rings. The van der Waals surface area contributed by atoms with Crippen molar-refractivity contribution in [3.63, 3.8) is 0 Å². The van der Waals surface area contributed by atoms with E-state index in [-0.39, 0.29) is 27.5 Å². The van der Waals surface area contributed by atoms with Crippen LogP contribution in [-0.2, 0) is 0 Å². The van der Waals surface area contributed by atoms with E-state index in [0.717, 1.165) is 4.90 Å². The average Bonchev–Trinajstić information content (AvgIpc) is 3.20. The number of hydrogen-bond acceptors (Lipinski definition) is 4. The van der Waals surface area contributed by atoms with E-state index in [2.05, 4.69) is 10.1 Å². The Morgan fingerprint density at radius 2 is 1.67 bits per heavy atom. The van der Waals surface area contributed by atoms with Crippen molar-refractivity contribution in [2.75, 3.05) is 7.05 Å². The van der Waals surface area contributed by atoms with Crippen LogP contribution in [0.15, 0.2) is 48.7 Å². The molecule has 0 bridgehead atoms. The number of rotatable bonds is 2. The van der Waals surface area contributed by atoms with Crippen LogP contribution in [0.1, 0.15) is 20.7 Å². The molecule has 0 aliphatic carbocycles. The van der Waals surface area contributed by atoms with Crippen molar-refractivity contribution in [3.8, 4) is 16.9 Å². The van der Waals surface area contributed by atoms with Crippen molar-refractivity contribution in [2.45, 2.75) is 0 Å². The molecule has 0 fully saturated rings. The summed E-state index contributed by atoms with van der Waals surface area (Å²) in [5.41, 5.74) is 1.76. The maximum atomic E-state index is 14.7. The van der Waals surface area contributed by atoms with E-state index in [4.69, 9.17) is 23.2 Å². The molecule has 6 nitrogen and oxygen atoms in total. The lowest BCUT2D eigenvalue weighted by atomic mass is 10.0. The minimum atomic E-state index is -0.601. The van der Waals surface area contributed by atoms with Crippen LogP contribution in [-0.4, -0.2) is 38.5 Å². The topological polar surface area (TPSA) is 68.1 Å². The SMILES string of the molecule is CN1C(=O)c2cnc3c(c(-c4ccc(Cl)cc4)nn3-c3ccc(Cl)cc3F)c2C1=O. The van der Waals surface area contributed by atoms with Gasteiger partial charge in [0, 0.05) is 28.9 Å². The second kappa shape index (κ2) is 6.62. The third-order valence-electron chi connectivity index (χ3n) is 5.01. The van der Waals surface area contributed by atoms with E-state index in [0.29, 0.717) is 21.7 Å². The van der Waals surface area contributed by atoms with E-state index < -0.39 is 17.6 Å². The molecule has 2 aromatic heterocycles. The molecular weight excluding hydrogens is 430 g/mol. The number of carbonyl (C=O) groups excluding carboxylic acids is 2. The molecule has 0 unspecified atom stereocenters. The molecule has 9 heteroatoms. The highest BCUT2D eigenvalue weighted by Gasteiger charge is 2.37. The fraction of sp³-hybridized carbons (Fsp3) is 0.0476. The molecule has 0 atom stereocenters. The van der Waals surface area contributed by atoms with Crippen molar-refractivity contribution in [1.29, 1.82) is 0 Å². The van der Waals surface area contributed by atoms with Crippen molar-refractivity contribution in [2.24, 2.45) is 0 Å². The molecule has 3 heterocycles. The fourth-order valence-corrected chi connectivity index (χ4v) is 3.82. The number of carbonyl (C=O) groups is 2. The van der Waals surface area contributed by atoms with Crippen LogP contribution < -0.4 is 0 Å². The first-order valence-electron chi connectivity index (χ1n) is 8.82. The van der Waals surface area contributed by atoms with Crippen LogP contribution in [0.5, 0.6) is 0 Å². The number of benzene rings is 2. The summed E-state index contributed by atoms with van der Waals surface area (Å²) in [5.74, 6) is -1.51. The van der Waals surface area contributed by atoms with Gasteiger partial charge in [-0.05, 0) is 30.3 Å². The summed E-state index contributed by atoms with van der Waals surface area (Å²) in [6.45, 7) is 0. The Morgan fingerprint density at radius 3 is 2.37 bits per heavy atom. The van der Waals surface area contributed by atoms with Gasteiger partial charge in [-0.25, -0.2) is 14.1 Å². The summed E-state index contributed by atoms with van der Waals surface area (Å²) in [6.07, 6.45) is 1.32. The highest BCUT2D eigenvalue weighted by molar-refractivity contribution is 6.31. The van der Waals surface area contributed by atoms with E-state index in [1.54, 1.807) is 24.3 Å². The molecule has 30 heavy (non-hydrogen) atoms. The van der Waals surface area contributed by atoms with Gasteiger partial charge in [0.05, 0.1) is 16.5 Å². The number of amides is 2. The molecule has 5 rings (SSSR count). The van der Waals surface area contributed by atoms with E-state index in [1.165, 1.54) is 36.1 Å². The Morgan fingerprint density at radius 1 is 0.967 bits per heavy atom. The lowest BCUT2D eigenvalue weighted by Crippen LogP contribution is -2.24. The zero-order chi connectivity index (χ0) is 21.2. The maximum absolute atomic E-state index is 14.7. The number of nitrogens with zero attached hydrogens (tertiary/aromatic N) is 4. The van der Waals surface area contributed by atoms with Crippen molar-refractivity contribution >= 4 is 46.0 Å². The monoisotopic (exact) mass is 440 g/mol. The van der Waals surface area contributed by atoms with Gasteiger partial charge in [-0.2, -0.15) is 5.10 Å². The van der Waals surface area contributed by atoms with Gasteiger partial charge in [0.1, 0.15) is 17.2 Å². The second-order valence-electron chi connectivity index (χ2n) is 6.78. The van der Waals surface area contributed by atoms with Crippen LogP contribution in [0, 0.1) is 5.82 Å². The van der Waals surface area contributed by atoms with Crippen molar-refractivity contribution in [1.82, 2.24) is 19.7 Å². The summed E-state index contributed by atoms with van der Waals surface area (Å²) in [5, 5.41) is 5.69. The zero-order valence-corrected chi connectivity index (χ0v) is 16.9. The van der Waals surface area contributed by atoms with Crippen LogP contribution in [0.3, 0.4) is 0 Å². The first-order valence-corrected chi connectivity index (χ1v) is 9.58. The molecule has 0 spiro atoms. The van der Waals surface area contributed by atoms with Gasteiger partial charge >= 0.3 is 0 Å². The fourth-order valence-electron chi connectivity index (χ4n) is 3.54. The molecule has 0 N–H and O–H groups in total. The largest absolute Gasteiger partial charge is 0.277 e. The number of hydrogen-bond donors (Lipinski definition) is 0. The zero-order valence-electron chi connectivity index (χ0n) is 15.4. The maximum Gasteiger partial charge on any atom is 0.262 e. The summed E-state index contributed by atoms with van der Waals surface area (Å²) >= 11 is 11.9. The predicted octanol–water partition coefficient (Wildman–Crippen LogP) is 4.76. The van der Waals surface area contributed by atoms with Crippen LogP contribution in [0.4, 0.5) is 4.39 Å². The minimum absolute atomic E-state index is 0.113. The second-order valence-corrected chi connectivity index (χ2v) is 7.65. The number of aromatic nitrogens is 3. The Kier molecular flexibility index (Phi) is 4.13. The molecular formula is C21H11Cl2FN4O2. The highest BCUT2D eigenvalue weighted by Crippen LogP contribution is 2.37. The molecule has 0 saturated heterocycles. The lowest BCUT2D eigenvalue weighted by Gasteiger charge is -2.05. The van der Waals surface area contributed by atoms with Gasteiger partial charge in [-0.15, -0.1) is 0 Å². The predicted molar refractivity (Wildman–Crippen MR) is 111 cm³/mol. The molecule has 2 aromatic carbocycles. The Balaban J connectivity index is 1.90. The van der Waals surface area contributed by atoms with E-state index >= 15 is 0 Å². The third kappa shape index (κ3) is 2.63. The normalized spacial score (nSPS) is 13.4. The quantitative estimate of drug-likeness (QED) is 0.421. The first-order chi connectivity index (χ1) is 14.4. The average molecular weight is 441 g/mol. The standard InChI is InChI=1S/C21H11Cl2FN4O2/c1-27-20(29)13-9-25-19-17(16(13)21(27)30)18(10-2-4-11(22)5-3-10)26-28(19)15-7-6-12(23)8-14(15)24/h2-9H,1H3. The molecule has 0 radical (unpaired) electrons. The number of imide groups is 1. The van der Waals surface area contributed by atoms with Gasteiger partial charge in [0.15, 0.2) is 5.65 Å². The summed E-state index contributed by atoms with van der Waals surface area (Å²) in [7, 11) is 1.40. The van der Waals surface area contributed by atoms with Crippen molar-refractivity contribution < 1.29 is 14.0 Å². The van der Waals surface area contributed by atoms with E-state index in [1.807, 2.05) is 0 Å². The molecule has 4 aromatic rings. The van der Waals surface area contributed by atoms with Gasteiger partial charge in [0.2, 0.25) is 0 Å². The Hall–Kier alpha value is -3.29. The summed E-state index contributed by atoms with van der Waals surface area (Å²) < 4.78 is 16.0. The molecule has 1 aliphatic heterocycles. The number of fused-ring (bicyclic) bond motifs is 3. The Labute approximate surface area is 179 Å². The van der Waals surface area contributed by atoms with Gasteiger partial charge < -0.3 is 0 Å². The van der Waals surface area contributed by atoms with Crippen LogP contribution >= 0.6 is 23.2 Å². The lowest BCUT2D eigenvalue weighted by molar-refractivity contribution is 0.0693. The first kappa shape index (κ1) is 18.7.